The number of thioether (sulfide) groups is 1. The van der Waals surface area contributed by atoms with Gasteiger partial charge < -0.3 is 4.90 Å². The van der Waals surface area contributed by atoms with E-state index in [-0.39, 0.29) is 11.6 Å². The number of hydrogen-bond acceptors (Lipinski definition) is 7. The molecule has 0 atom stereocenters. The van der Waals surface area contributed by atoms with E-state index >= 15 is 0 Å². The van der Waals surface area contributed by atoms with E-state index in [1.54, 1.807) is 34.9 Å². The van der Waals surface area contributed by atoms with Gasteiger partial charge in [0.05, 0.1) is 15.1 Å². The average Bonchev–Trinajstić information content (AvgIpc) is 3.24. The molecule has 0 aliphatic heterocycles. The Hall–Kier alpha value is -2.75. The lowest BCUT2D eigenvalue weighted by Crippen LogP contribution is -2.38. The van der Waals surface area contributed by atoms with E-state index in [0.29, 0.717) is 17.2 Å². The van der Waals surface area contributed by atoms with E-state index in [0.717, 1.165) is 34.7 Å². The van der Waals surface area contributed by atoms with Crippen molar-refractivity contribution < 1.29 is 9.72 Å². The first-order chi connectivity index (χ1) is 15.5. The molecule has 9 heteroatoms. The summed E-state index contributed by atoms with van der Waals surface area (Å²) in [7, 11) is 0. The number of amides is 1. The summed E-state index contributed by atoms with van der Waals surface area (Å²) in [6, 6.07) is 12.3. The van der Waals surface area contributed by atoms with Crippen molar-refractivity contribution in [2.45, 2.75) is 18.7 Å². The number of hydrogen-bond donors (Lipinski definition) is 0. The molecule has 0 N–H and O–H groups in total. The highest BCUT2D eigenvalue weighted by molar-refractivity contribution is 7.98. The Balaban J connectivity index is 1.91. The molecule has 0 radical (unpaired) electrons. The lowest BCUT2D eigenvalue weighted by atomic mass is 10.2. The summed E-state index contributed by atoms with van der Waals surface area (Å²) < 4.78 is 1.04. The maximum Gasteiger partial charge on any atom is 0.270 e. The van der Waals surface area contributed by atoms with Gasteiger partial charge in [-0.3, -0.25) is 19.8 Å². The molecule has 3 rings (SSSR count). The Bertz CT molecular complexity index is 1130. The lowest BCUT2D eigenvalue weighted by Gasteiger charge is -2.23. The quantitative estimate of drug-likeness (QED) is 0.173. The topological polar surface area (TPSA) is 79.6 Å². The van der Waals surface area contributed by atoms with Gasteiger partial charge in [-0.25, -0.2) is 4.98 Å². The normalized spacial score (nSPS) is 11.5. The maximum atomic E-state index is 13.2. The molecule has 0 bridgehead atoms. The number of carbonyl (C=O) groups excluding carboxylic acids is 1. The summed E-state index contributed by atoms with van der Waals surface area (Å²) in [6.45, 7) is 7.24. The Kier molecular flexibility index (Phi) is 8.38. The number of carbonyl (C=O) groups is 1. The Morgan fingerprint density at radius 1 is 1.19 bits per heavy atom. The van der Waals surface area contributed by atoms with Crippen molar-refractivity contribution in [1.29, 1.82) is 0 Å². The Morgan fingerprint density at radius 3 is 2.62 bits per heavy atom. The molecule has 0 saturated heterocycles. The molecule has 0 spiro atoms. The van der Waals surface area contributed by atoms with Crippen molar-refractivity contribution in [3.8, 4) is 0 Å². The number of rotatable bonds is 10. The van der Waals surface area contributed by atoms with Gasteiger partial charge in [0.2, 0.25) is 0 Å². The molecule has 0 aliphatic carbocycles. The summed E-state index contributed by atoms with van der Waals surface area (Å²) in [6.07, 6.45) is 5.09. The molecule has 32 heavy (non-hydrogen) atoms. The van der Waals surface area contributed by atoms with Crippen LogP contribution in [0.15, 0.2) is 53.4 Å². The minimum absolute atomic E-state index is 0.00578. The molecular weight excluding hydrogens is 444 g/mol. The smallest absolute Gasteiger partial charge is 0.270 e. The van der Waals surface area contributed by atoms with E-state index in [1.807, 2.05) is 24.5 Å². The van der Waals surface area contributed by atoms with Gasteiger partial charge in [-0.1, -0.05) is 43.4 Å². The number of aromatic nitrogens is 1. The number of thiazole rings is 1. The molecule has 0 fully saturated rings. The maximum absolute atomic E-state index is 13.2. The summed E-state index contributed by atoms with van der Waals surface area (Å²) in [5.74, 6) is -0.201. The fourth-order valence-corrected chi connectivity index (χ4v) is 4.92. The van der Waals surface area contributed by atoms with E-state index in [4.69, 9.17) is 4.98 Å². The van der Waals surface area contributed by atoms with Crippen molar-refractivity contribution in [3.63, 3.8) is 0 Å². The van der Waals surface area contributed by atoms with E-state index in [2.05, 4.69) is 18.7 Å². The number of para-hydroxylation sites is 1. The zero-order valence-corrected chi connectivity index (χ0v) is 20.0. The molecule has 1 aromatic heterocycles. The number of benzene rings is 2. The van der Waals surface area contributed by atoms with Crippen LogP contribution in [0.25, 0.3) is 16.3 Å². The number of fused-ring (bicyclic) bond motifs is 1. The zero-order valence-electron chi connectivity index (χ0n) is 18.4. The first-order valence-corrected chi connectivity index (χ1v) is 12.4. The molecule has 7 nitrogen and oxygen atoms in total. The van der Waals surface area contributed by atoms with Crippen molar-refractivity contribution >= 4 is 56.1 Å². The summed E-state index contributed by atoms with van der Waals surface area (Å²) in [4.78, 5) is 33.6. The molecule has 1 heterocycles. The second kappa shape index (κ2) is 11.2. The van der Waals surface area contributed by atoms with Crippen LogP contribution in [0.4, 0.5) is 10.8 Å². The highest BCUT2D eigenvalue weighted by atomic mass is 32.2. The minimum atomic E-state index is -0.444. The number of nitro groups is 1. The highest BCUT2D eigenvalue weighted by Gasteiger charge is 2.19. The highest BCUT2D eigenvalue weighted by Crippen LogP contribution is 2.34. The van der Waals surface area contributed by atoms with Gasteiger partial charge >= 0.3 is 0 Å². The van der Waals surface area contributed by atoms with Gasteiger partial charge in [-0.2, -0.15) is 0 Å². The summed E-state index contributed by atoms with van der Waals surface area (Å²) in [5, 5.41) is 11.7. The van der Waals surface area contributed by atoms with Crippen LogP contribution >= 0.6 is 23.1 Å². The molecule has 0 unspecified atom stereocenters. The minimum Gasteiger partial charge on any atom is -0.302 e. The van der Waals surface area contributed by atoms with E-state index in [1.165, 1.54) is 29.5 Å². The van der Waals surface area contributed by atoms with Crippen molar-refractivity contribution in [2.75, 3.05) is 37.3 Å². The Labute approximate surface area is 195 Å². The largest absolute Gasteiger partial charge is 0.302 e. The van der Waals surface area contributed by atoms with Crippen LogP contribution in [0.2, 0.25) is 0 Å². The van der Waals surface area contributed by atoms with Crippen LogP contribution in [-0.4, -0.2) is 53.1 Å². The first kappa shape index (κ1) is 23.9. The zero-order chi connectivity index (χ0) is 23.1. The van der Waals surface area contributed by atoms with Crippen molar-refractivity contribution in [2.24, 2.45) is 0 Å². The van der Waals surface area contributed by atoms with Crippen molar-refractivity contribution in [3.05, 3.63) is 64.2 Å². The number of anilines is 1. The fraction of sp³-hybridized carbons (Fsp3) is 0.304. The molecule has 0 saturated carbocycles. The van der Waals surface area contributed by atoms with Gasteiger partial charge in [0, 0.05) is 36.2 Å². The van der Waals surface area contributed by atoms with Crippen LogP contribution in [0.3, 0.4) is 0 Å². The molecule has 3 aromatic rings. The van der Waals surface area contributed by atoms with Crippen LogP contribution in [0.1, 0.15) is 19.4 Å². The van der Waals surface area contributed by atoms with Gasteiger partial charge in [0.15, 0.2) is 5.13 Å². The molecular formula is C23H26N4O3S2. The fourth-order valence-electron chi connectivity index (χ4n) is 3.27. The molecule has 2 aromatic carbocycles. The lowest BCUT2D eigenvalue weighted by molar-refractivity contribution is -0.384. The second-order valence-electron chi connectivity index (χ2n) is 7.01. The van der Waals surface area contributed by atoms with Crippen LogP contribution in [0, 0.1) is 10.1 Å². The third-order valence-corrected chi connectivity index (χ3v) is 6.93. The standard InChI is InChI=1S/C23H26N4O3S2/c1-4-25(5-2)14-15-26(23-24-22-19(31-3)10-7-11-20(22)32-23)21(28)13-12-17-8-6-9-18(16-17)27(29)30/h6-13,16H,4-5,14-15H2,1-3H3/b13-12+. The third kappa shape index (κ3) is 5.73. The summed E-state index contributed by atoms with van der Waals surface area (Å²) >= 11 is 3.13. The molecule has 1 amide bonds. The monoisotopic (exact) mass is 470 g/mol. The number of nitro benzene ring substituents is 1. The predicted molar refractivity (Wildman–Crippen MR) is 134 cm³/mol. The summed E-state index contributed by atoms with van der Waals surface area (Å²) in [5.41, 5.74) is 1.50. The number of non-ortho nitro benzene ring substituents is 1. The van der Waals surface area contributed by atoms with Crippen LogP contribution in [-0.2, 0) is 4.79 Å². The van der Waals surface area contributed by atoms with Gasteiger partial charge in [-0.15, -0.1) is 11.8 Å². The van der Waals surface area contributed by atoms with Gasteiger partial charge in [0.25, 0.3) is 11.6 Å². The van der Waals surface area contributed by atoms with Crippen molar-refractivity contribution in [1.82, 2.24) is 9.88 Å². The third-order valence-electron chi connectivity index (χ3n) is 5.12. The SMILES string of the molecule is CCN(CC)CCN(C(=O)/C=C/c1cccc([N+](=O)[O-])c1)c1nc2c(SC)cccc2s1. The predicted octanol–water partition coefficient (Wildman–Crippen LogP) is 5.31. The van der Waals surface area contributed by atoms with Crippen LogP contribution < -0.4 is 4.90 Å². The average molecular weight is 471 g/mol. The van der Waals surface area contributed by atoms with Crippen LogP contribution in [0.5, 0.6) is 0 Å². The number of likely N-dealkylation sites (N-methyl/N-ethyl adjacent to an activating group) is 1. The Morgan fingerprint density at radius 2 is 1.94 bits per heavy atom. The first-order valence-electron chi connectivity index (χ1n) is 10.4. The molecule has 168 valence electrons. The number of nitrogens with zero attached hydrogens (tertiary/aromatic N) is 4. The van der Waals surface area contributed by atoms with E-state index in [9.17, 15) is 14.9 Å². The van der Waals surface area contributed by atoms with E-state index < -0.39 is 4.92 Å². The van der Waals surface area contributed by atoms with Gasteiger partial charge in [-0.05, 0) is 43.1 Å². The molecule has 0 aliphatic rings. The van der Waals surface area contributed by atoms with Gasteiger partial charge in [0.1, 0.15) is 0 Å². The second-order valence-corrected chi connectivity index (χ2v) is 8.86.